The Balaban J connectivity index is 1.71. The van der Waals surface area contributed by atoms with Gasteiger partial charge >= 0.3 is 6.18 Å². The zero-order valence-corrected chi connectivity index (χ0v) is 21.2. The SMILES string of the molecule is CC/C(=C(/c1ccc(OCCN)cc1)c1ccc(OCc2ccccc2)cc1)c1ccc(C(F)(F)F)cc1. The number of hydrogen-bond donors (Lipinski definition) is 1. The summed E-state index contributed by atoms with van der Waals surface area (Å²) >= 11 is 0. The van der Waals surface area contributed by atoms with Gasteiger partial charge in [-0.2, -0.15) is 13.2 Å². The van der Waals surface area contributed by atoms with Gasteiger partial charge in [0.25, 0.3) is 0 Å². The fourth-order valence-electron chi connectivity index (χ4n) is 4.25. The van der Waals surface area contributed by atoms with Crippen LogP contribution in [0.5, 0.6) is 11.5 Å². The standard InChI is InChI=1S/C32H30F3NO2/c1-2-30(24-8-14-27(15-9-24)32(33,34)35)31(25-10-16-28(17-11-25)37-21-20-36)26-12-18-29(19-13-26)38-22-23-6-4-3-5-7-23/h3-19H,2,20-22,36H2,1H3/b31-30+. The first-order valence-electron chi connectivity index (χ1n) is 12.5. The summed E-state index contributed by atoms with van der Waals surface area (Å²) in [4.78, 5) is 0. The second kappa shape index (κ2) is 12.5. The molecule has 0 radical (unpaired) electrons. The lowest BCUT2D eigenvalue weighted by atomic mass is 9.88. The van der Waals surface area contributed by atoms with E-state index in [2.05, 4.69) is 0 Å². The Morgan fingerprint density at radius 3 is 1.71 bits per heavy atom. The monoisotopic (exact) mass is 517 g/mol. The van der Waals surface area contributed by atoms with Crippen LogP contribution in [-0.2, 0) is 12.8 Å². The van der Waals surface area contributed by atoms with Crippen LogP contribution in [0.3, 0.4) is 0 Å². The first-order chi connectivity index (χ1) is 18.4. The number of allylic oxidation sites excluding steroid dienone is 1. The smallest absolute Gasteiger partial charge is 0.416 e. The molecule has 6 heteroatoms. The number of rotatable bonds is 10. The summed E-state index contributed by atoms with van der Waals surface area (Å²) < 4.78 is 51.1. The lowest BCUT2D eigenvalue weighted by molar-refractivity contribution is -0.137. The minimum absolute atomic E-state index is 0.415. The molecular weight excluding hydrogens is 487 g/mol. The molecule has 4 aromatic carbocycles. The molecule has 0 aliphatic carbocycles. The number of benzene rings is 4. The van der Waals surface area contributed by atoms with Gasteiger partial charge in [-0.15, -0.1) is 0 Å². The van der Waals surface area contributed by atoms with Crippen LogP contribution in [0, 0.1) is 0 Å². The van der Waals surface area contributed by atoms with Crippen molar-refractivity contribution in [3.8, 4) is 11.5 Å². The molecule has 0 bridgehead atoms. The van der Waals surface area contributed by atoms with Crippen LogP contribution in [-0.4, -0.2) is 13.2 Å². The second-order valence-electron chi connectivity index (χ2n) is 8.74. The number of hydrogen-bond acceptors (Lipinski definition) is 3. The second-order valence-corrected chi connectivity index (χ2v) is 8.74. The van der Waals surface area contributed by atoms with Crippen LogP contribution in [0.25, 0.3) is 11.1 Å². The average Bonchev–Trinajstić information content (AvgIpc) is 2.94. The van der Waals surface area contributed by atoms with Crippen LogP contribution in [0.1, 0.15) is 41.2 Å². The number of ether oxygens (including phenoxy) is 2. The molecule has 4 rings (SSSR count). The Kier molecular flexibility index (Phi) is 8.87. The molecule has 2 N–H and O–H groups in total. The van der Waals surface area contributed by atoms with E-state index in [1.165, 1.54) is 12.1 Å². The molecule has 38 heavy (non-hydrogen) atoms. The molecule has 0 heterocycles. The first kappa shape index (κ1) is 27.0. The highest BCUT2D eigenvalue weighted by Crippen LogP contribution is 2.37. The summed E-state index contributed by atoms with van der Waals surface area (Å²) in [6.07, 6.45) is -3.76. The van der Waals surface area contributed by atoms with Gasteiger partial charge in [-0.3, -0.25) is 0 Å². The van der Waals surface area contributed by atoms with Crippen molar-refractivity contribution in [3.63, 3.8) is 0 Å². The van der Waals surface area contributed by atoms with Crippen molar-refractivity contribution >= 4 is 11.1 Å². The van der Waals surface area contributed by atoms with E-state index < -0.39 is 11.7 Å². The van der Waals surface area contributed by atoms with Gasteiger partial charge in [0.2, 0.25) is 0 Å². The molecule has 0 fully saturated rings. The van der Waals surface area contributed by atoms with Crippen LogP contribution in [0.4, 0.5) is 13.2 Å². The van der Waals surface area contributed by atoms with E-state index >= 15 is 0 Å². The highest BCUT2D eigenvalue weighted by molar-refractivity contribution is 5.98. The Bertz CT molecular complexity index is 1330. The van der Waals surface area contributed by atoms with Crippen molar-refractivity contribution in [1.29, 1.82) is 0 Å². The predicted molar refractivity (Wildman–Crippen MR) is 146 cm³/mol. The van der Waals surface area contributed by atoms with Gasteiger partial charge in [-0.1, -0.05) is 73.7 Å². The molecule has 0 aliphatic rings. The third kappa shape index (κ3) is 6.84. The van der Waals surface area contributed by atoms with Gasteiger partial charge in [0, 0.05) is 6.54 Å². The molecule has 0 aromatic heterocycles. The first-order valence-corrected chi connectivity index (χ1v) is 12.5. The maximum absolute atomic E-state index is 13.2. The van der Waals surface area contributed by atoms with Crippen molar-refractivity contribution in [2.24, 2.45) is 5.73 Å². The summed E-state index contributed by atoms with van der Waals surface area (Å²) in [5.41, 5.74) is 10.4. The largest absolute Gasteiger partial charge is 0.492 e. The van der Waals surface area contributed by atoms with Gasteiger partial charge in [-0.05, 0) is 76.2 Å². The summed E-state index contributed by atoms with van der Waals surface area (Å²) in [7, 11) is 0. The Labute approximate surface area is 221 Å². The lowest BCUT2D eigenvalue weighted by Crippen LogP contribution is -2.10. The lowest BCUT2D eigenvalue weighted by Gasteiger charge is -2.18. The van der Waals surface area contributed by atoms with E-state index in [9.17, 15) is 13.2 Å². The Hall–Kier alpha value is -4.03. The number of alkyl halides is 3. The van der Waals surface area contributed by atoms with E-state index in [1.54, 1.807) is 0 Å². The van der Waals surface area contributed by atoms with Crippen molar-refractivity contribution in [2.75, 3.05) is 13.2 Å². The highest BCUT2D eigenvalue weighted by atomic mass is 19.4. The fourth-order valence-corrected chi connectivity index (χ4v) is 4.25. The average molecular weight is 518 g/mol. The molecule has 0 atom stereocenters. The summed E-state index contributed by atoms with van der Waals surface area (Å²) in [5.74, 6) is 1.44. The van der Waals surface area contributed by atoms with E-state index in [1.807, 2.05) is 85.8 Å². The molecule has 0 spiro atoms. The Morgan fingerprint density at radius 1 is 0.684 bits per heavy atom. The molecule has 3 nitrogen and oxygen atoms in total. The molecule has 0 saturated heterocycles. The fraction of sp³-hybridized carbons (Fsp3) is 0.188. The molecule has 0 unspecified atom stereocenters. The predicted octanol–water partition coefficient (Wildman–Crippen LogP) is 7.99. The molecule has 0 saturated carbocycles. The molecule has 0 amide bonds. The van der Waals surface area contributed by atoms with E-state index in [0.717, 1.165) is 51.3 Å². The van der Waals surface area contributed by atoms with Crippen molar-refractivity contribution in [2.45, 2.75) is 26.1 Å². The van der Waals surface area contributed by atoms with E-state index in [4.69, 9.17) is 15.2 Å². The molecule has 196 valence electrons. The van der Waals surface area contributed by atoms with Gasteiger partial charge in [0.1, 0.15) is 24.7 Å². The minimum atomic E-state index is -4.38. The molecular formula is C32H30F3NO2. The third-order valence-electron chi connectivity index (χ3n) is 6.14. The summed E-state index contributed by atoms with van der Waals surface area (Å²) in [6.45, 7) is 3.29. The summed E-state index contributed by atoms with van der Waals surface area (Å²) in [5, 5.41) is 0. The van der Waals surface area contributed by atoms with Crippen LogP contribution >= 0.6 is 0 Å². The van der Waals surface area contributed by atoms with Crippen LogP contribution in [0.15, 0.2) is 103 Å². The van der Waals surface area contributed by atoms with Crippen LogP contribution < -0.4 is 15.2 Å². The molecule has 0 aliphatic heterocycles. The number of nitrogens with two attached hydrogens (primary N) is 1. The van der Waals surface area contributed by atoms with Gasteiger partial charge in [0.15, 0.2) is 0 Å². The van der Waals surface area contributed by atoms with E-state index in [0.29, 0.717) is 31.9 Å². The highest BCUT2D eigenvalue weighted by Gasteiger charge is 2.30. The maximum atomic E-state index is 13.2. The Morgan fingerprint density at radius 2 is 1.21 bits per heavy atom. The van der Waals surface area contributed by atoms with Crippen molar-refractivity contribution < 1.29 is 22.6 Å². The zero-order valence-electron chi connectivity index (χ0n) is 21.2. The van der Waals surface area contributed by atoms with Crippen molar-refractivity contribution in [1.82, 2.24) is 0 Å². The zero-order chi connectivity index (χ0) is 27.0. The minimum Gasteiger partial charge on any atom is -0.492 e. The maximum Gasteiger partial charge on any atom is 0.416 e. The van der Waals surface area contributed by atoms with Gasteiger partial charge < -0.3 is 15.2 Å². The number of halogens is 3. The van der Waals surface area contributed by atoms with E-state index in [-0.39, 0.29) is 0 Å². The summed E-state index contributed by atoms with van der Waals surface area (Å²) in [6, 6.07) is 30.7. The molecule has 4 aromatic rings. The van der Waals surface area contributed by atoms with Gasteiger partial charge in [-0.25, -0.2) is 0 Å². The normalized spacial score (nSPS) is 12.1. The topological polar surface area (TPSA) is 44.5 Å². The van der Waals surface area contributed by atoms with Crippen LogP contribution in [0.2, 0.25) is 0 Å². The van der Waals surface area contributed by atoms with Crippen molar-refractivity contribution in [3.05, 3.63) is 131 Å². The quantitative estimate of drug-likeness (QED) is 0.217. The van der Waals surface area contributed by atoms with Gasteiger partial charge in [0.05, 0.1) is 5.56 Å². The third-order valence-corrected chi connectivity index (χ3v) is 6.14.